The van der Waals surface area contributed by atoms with E-state index in [1.165, 1.54) is 19.3 Å². The lowest BCUT2D eigenvalue weighted by Gasteiger charge is -2.35. The van der Waals surface area contributed by atoms with Crippen molar-refractivity contribution in [3.05, 3.63) is 0 Å². The highest BCUT2D eigenvalue weighted by molar-refractivity contribution is 5.75. The third kappa shape index (κ3) is 5.80. The maximum Gasteiger partial charge on any atom is 0.315 e. The van der Waals surface area contributed by atoms with E-state index in [0.717, 1.165) is 12.8 Å². The van der Waals surface area contributed by atoms with Crippen molar-refractivity contribution in [3.63, 3.8) is 0 Å². The van der Waals surface area contributed by atoms with E-state index in [1.54, 1.807) is 11.8 Å². The lowest BCUT2D eigenvalue weighted by molar-refractivity contribution is -0.133. The van der Waals surface area contributed by atoms with Crippen LogP contribution in [0.1, 0.15) is 59.8 Å². The molecular weight excluding hydrogens is 254 g/mol. The molecule has 1 fully saturated rings. The minimum atomic E-state index is -0.215. The van der Waals surface area contributed by atoms with E-state index >= 15 is 0 Å². The molecular formula is C15H29N3O2. The van der Waals surface area contributed by atoms with E-state index < -0.39 is 0 Å². The number of carbonyl (C=O) groups is 2. The molecule has 3 amide bonds. The fraction of sp³-hybridized carbons (Fsp3) is 0.867. The second-order valence-corrected chi connectivity index (χ2v) is 6.58. The second-order valence-electron chi connectivity index (χ2n) is 6.58. The Balaban J connectivity index is 2.28. The van der Waals surface area contributed by atoms with Crippen LogP contribution >= 0.6 is 0 Å². The van der Waals surface area contributed by atoms with Crippen LogP contribution in [-0.4, -0.2) is 41.5 Å². The van der Waals surface area contributed by atoms with Gasteiger partial charge in [0.25, 0.3) is 0 Å². The Morgan fingerprint density at radius 3 is 2.25 bits per heavy atom. The molecule has 0 aromatic rings. The van der Waals surface area contributed by atoms with Gasteiger partial charge in [-0.15, -0.1) is 0 Å². The third-order valence-electron chi connectivity index (χ3n) is 3.75. The van der Waals surface area contributed by atoms with Crippen molar-refractivity contribution >= 4 is 11.9 Å². The van der Waals surface area contributed by atoms with Gasteiger partial charge >= 0.3 is 6.03 Å². The number of hydrogen-bond donors (Lipinski definition) is 2. The molecule has 1 aliphatic rings. The zero-order valence-corrected chi connectivity index (χ0v) is 13.3. The summed E-state index contributed by atoms with van der Waals surface area (Å²) in [5.41, 5.74) is -0.215. The molecule has 0 radical (unpaired) electrons. The predicted molar refractivity (Wildman–Crippen MR) is 80.5 cm³/mol. The molecule has 5 nitrogen and oxygen atoms in total. The van der Waals surface area contributed by atoms with Crippen LogP contribution in [0.4, 0.5) is 4.79 Å². The van der Waals surface area contributed by atoms with Gasteiger partial charge in [-0.2, -0.15) is 0 Å². The van der Waals surface area contributed by atoms with E-state index in [1.807, 2.05) is 20.8 Å². The van der Waals surface area contributed by atoms with Crippen molar-refractivity contribution in [2.75, 3.05) is 13.1 Å². The van der Waals surface area contributed by atoms with Gasteiger partial charge in [-0.25, -0.2) is 4.79 Å². The molecule has 1 saturated carbocycles. The predicted octanol–water partition coefficient (Wildman–Crippen LogP) is 2.27. The normalized spacial score (nSPS) is 16.6. The minimum Gasteiger partial charge on any atom is -0.336 e. The topological polar surface area (TPSA) is 61.4 Å². The summed E-state index contributed by atoms with van der Waals surface area (Å²) >= 11 is 0. The van der Waals surface area contributed by atoms with Crippen molar-refractivity contribution in [3.8, 4) is 0 Å². The van der Waals surface area contributed by atoms with Gasteiger partial charge in [-0.3, -0.25) is 4.79 Å². The molecule has 0 saturated heterocycles. The Morgan fingerprint density at radius 2 is 1.75 bits per heavy atom. The average Bonchev–Trinajstić information content (AvgIpc) is 2.33. The standard InChI is InChI=1S/C15H29N3O2/c1-12(19)18(15(2,3)4)11-10-16-14(20)17-13-8-6-5-7-9-13/h13H,5-11H2,1-4H3,(H2,16,17,20). The van der Waals surface area contributed by atoms with Gasteiger partial charge in [-0.05, 0) is 33.6 Å². The second kappa shape index (κ2) is 7.50. The number of rotatable bonds is 4. The molecule has 0 heterocycles. The van der Waals surface area contributed by atoms with Gasteiger partial charge in [0.2, 0.25) is 5.91 Å². The van der Waals surface area contributed by atoms with Crippen molar-refractivity contribution in [1.82, 2.24) is 15.5 Å². The highest BCUT2D eigenvalue weighted by Gasteiger charge is 2.23. The third-order valence-corrected chi connectivity index (χ3v) is 3.75. The molecule has 0 aliphatic heterocycles. The van der Waals surface area contributed by atoms with Gasteiger partial charge in [0, 0.05) is 31.6 Å². The molecule has 116 valence electrons. The van der Waals surface area contributed by atoms with Crippen LogP contribution in [0.15, 0.2) is 0 Å². The molecule has 0 aromatic heterocycles. The Bertz CT molecular complexity index is 331. The monoisotopic (exact) mass is 283 g/mol. The van der Waals surface area contributed by atoms with Gasteiger partial charge < -0.3 is 15.5 Å². The van der Waals surface area contributed by atoms with E-state index in [2.05, 4.69) is 10.6 Å². The van der Waals surface area contributed by atoms with E-state index in [-0.39, 0.29) is 17.5 Å². The first kappa shape index (κ1) is 16.8. The quantitative estimate of drug-likeness (QED) is 0.831. The highest BCUT2D eigenvalue weighted by atomic mass is 16.2. The Labute approximate surface area is 122 Å². The number of amides is 3. The molecule has 20 heavy (non-hydrogen) atoms. The van der Waals surface area contributed by atoms with Crippen LogP contribution in [0.25, 0.3) is 0 Å². The van der Waals surface area contributed by atoms with Crippen LogP contribution in [0, 0.1) is 0 Å². The van der Waals surface area contributed by atoms with Gasteiger partial charge in [0.1, 0.15) is 0 Å². The van der Waals surface area contributed by atoms with Crippen molar-refractivity contribution < 1.29 is 9.59 Å². The fourth-order valence-electron chi connectivity index (χ4n) is 2.73. The van der Waals surface area contributed by atoms with Gasteiger partial charge in [0.05, 0.1) is 0 Å². The molecule has 0 aromatic carbocycles. The van der Waals surface area contributed by atoms with Crippen LogP contribution in [0.3, 0.4) is 0 Å². The molecule has 1 rings (SSSR count). The van der Waals surface area contributed by atoms with E-state index in [9.17, 15) is 9.59 Å². The Kier molecular flexibility index (Phi) is 6.30. The summed E-state index contributed by atoms with van der Waals surface area (Å²) in [6, 6.07) is 0.199. The first-order chi connectivity index (χ1) is 9.30. The SMILES string of the molecule is CC(=O)N(CCNC(=O)NC1CCCCC1)C(C)(C)C. The van der Waals surface area contributed by atoms with Gasteiger partial charge in [0.15, 0.2) is 0 Å². The van der Waals surface area contributed by atoms with Crippen molar-refractivity contribution in [2.24, 2.45) is 0 Å². The van der Waals surface area contributed by atoms with Crippen LogP contribution in [0.2, 0.25) is 0 Å². The number of nitrogens with zero attached hydrogens (tertiary/aromatic N) is 1. The molecule has 2 N–H and O–H groups in total. The van der Waals surface area contributed by atoms with Crippen LogP contribution in [-0.2, 0) is 4.79 Å². The fourth-order valence-corrected chi connectivity index (χ4v) is 2.73. The summed E-state index contributed by atoms with van der Waals surface area (Å²) in [7, 11) is 0. The smallest absolute Gasteiger partial charge is 0.315 e. The number of hydrogen-bond acceptors (Lipinski definition) is 2. The van der Waals surface area contributed by atoms with E-state index in [4.69, 9.17) is 0 Å². The summed E-state index contributed by atoms with van der Waals surface area (Å²) in [4.78, 5) is 25.1. The molecule has 0 spiro atoms. The molecule has 1 aliphatic carbocycles. The first-order valence-electron chi connectivity index (χ1n) is 7.63. The first-order valence-corrected chi connectivity index (χ1v) is 7.63. The summed E-state index contributed by atoms with van der Waals surface area (Å²) < 4.78 is 0. The van der Waals surface area contributed by atoms with Crippen LogP contribution < -0.4 is 10.6 Å². The van der Waals surface area contributed by atoms with Gasteiger partial charge in [-0.1, -0.05) is 19.3 Å². The lowest BCUT2D eigenvalue weighted by atomic mass is 9.96. The average molecular weight is 283 g/mol. The maximum absolute atomic E-state index is 11.8. The largest absolute Gasteiger partial charge is 0.336 e. The molecule has 0 bridgehead atoms. The van der Waals surface area contributed by atoms with Crippen LogP contribution in [0.5, 0.6) is 0 Å². The van der Waals surface area contributed by atoms with E-state index in [0.29, 0.717) is 19.1 Å². The number of nitrogens with one attached hydrogen (secondary N) is 2. The highest BCUT2D eigenvalue weighted by Crippen LogP contribution is 2.17. The zero-order chi connectivity index (χ0) is 15.2. The summed E-state index contributed by atoms with van der Waals surface area (Å²) in [6.07, 6.45) is 5.84. The Morgan fingerprint density at radius 1 is 1.15 bits per heavy atom. The molecule has 5 heteroatoms. The lowest BCUT2D eigenvalue weighted by Crippen LogP contribution is -2.50. The number of carbonyl (C=O) groups excluding carboxylic acids is 2. The minimum absolute atomic E-state index is 0.0342. The zero-order valence-electron chi connectivity index (χ0n) is 13.3. The molecule has 0 unspecified atom stereocenters. The summed E-state index contributed by atoms with van der Waals surface area (Å²) in [5.74, 6) is 0.0342. The van der Waals surface area contributed by atoms with Crippen molar-refractivity contribution in [2.45, 2.75) is 71.4 Å². The Hall–Kier alpha value is -1.26. The summed E-state index contributed by atoms with van der Waals surface area (Å²) in [5, 5.41) is 5.85. The van der Waals surface area contributed by atoms with Crippen molar-refractivity contribution in [1.29, 1.82) is 0 Å². The number of urea groups is 1. The maximum atomic E-state index is 11.8. The summed E-state index contributed by atoms with van der Waals surface area (Å²) in [6.45, 7) is 8.57. The molecule has 0 atom stereocenters.